The molecule has 118 valence electrons. The van der Waals surface area contributed by atoms with Crippen LogP contribution in [0, 0.1) is 0 Å². The predicted octanol–water partition coefficient (Wildman–Crippen LogP) is 4.81. The molecule has 2 rings (SSSR count). The van der Waals surface area contributed by atoms with E-state index in [1.165, 1.54) is 18.2 Å². The SMILES string of the molecule is O=S(=O)(Nc1cccc(Cl)c1Cl)c1cccc(C(F)(F)F)c1. The van der Waals surface area contributed by atoms with Crippen LogP contribution in [0.4, 0.5) is 18.9 Å². The highest BCUT2D eigenvalue weighted by atomic mass is 35.5. The molecule has 0 aliphatic carbocycles. The standard InChI is InChI=1S/C13H8Cl2F3NO2S/c14-10-5-2-6-11(12(10)15)19-22(20,21)9-4-1-3-8(7-9)13(16,17)18/h1-7,19H. The molecule has 0 spiro atoms. The molecule has 0 heterocycles. The van der Waals surface area contributed by atoms with E-state index in [0.717, 1.165) is 18.2 Å². The Morgan fingerprint density at radius 2 is 1.64 bits per heavy atom. The first-order valence-electron chi connectivity index (χ1n) is 5.75. The molecule has 0 aromatic heterocycles. The molecule has 0 aliphatic heterocycles. The van der Waals surface area contributed by atoms with Crippen molar-refractivity contribution in [1.29, 1.82) is 0 Å². The topological polar surface area (TPSA) is 46.2 Å². The van der Waals surface area contributed by atoms with Crippen molar-refractivity contribution in [3.05, 3.63) is 58.1 Å². The van der Waals surface area contributed by atoms with Gasteiger partial charge in [-0.2, -0.15) is 13.2 Å². The van der Waals surface area contributed by atoms with Gasteiger partial charge in [0, 0.05) is 0 Å². The lowest BCUT2D eigenvalue weighted by Crippen LogP contribution is -2.15. The molecule has 0 aliphatic rings. The Hall–Kier alpha value is -1.44. The lowest BCUT2D eigenvalue weighted by molar-refractivity contribution is -0.137. The van der Waals surface area contributed by atoms with Crippen LogP contribution in [0.3, 0.4) is 0 Å². The predicted molar refractivity (Wildman–Crippen MR) is 78.7 cm³/mol. The van der Waals surface area contributed by atoms with E-state index in [2.05, 4.69) is 4.72 Å². The van der Waals surface area contributed by atoms with Crippen LogP contribution in [0.15, 0.2) is 47.4 Å². The van der Waals surface area contributed by atoms with Gasteiger partial charge in [0.1, 0.15) is 0 Å². The summed E-state index contributed by atoms with van der Waals surface area (Å²) in [6, 6.07) is 7.64. The second-order valence-corrected chi connectivity index (χ2v) is 6.70. The zero-order chi connectivity index (χ0) is 16.5. The molecule has 2 aromatic rings. The molecule has 9 heteroatoms. The Balaban J connectivity index is 2.41. The second kappa shape index (κ2) is 5.98. The highest BCUT2D eigenvalue weighted by Gasteiger charge is 2.31. The van der Waals surface area contributed by atoms with Gasteiger partial charge < -0.3 is 0 Å². The molecule has 22 heavy (non-hydrogen) atoms. The van der Waals surface area contributed by atoms with E-state index in [9.17, 15) is 21.6 Å². The molecule has 0 unspecified atom stereocenters. The summed E-state index contributed by atoms with van der Waals surface area (Å²) in [7, 11) is -4.23. The van der Waals surface area contributed by atoms with Gasteiger partial charge >= 0.3 is 6.18 Å². The number of hydrogen-bond acceptors (Lipinski definition) is 2. The molecule has 0 atom stereocenters. The second-order valence-electron chi connectivity index (χ2n) is 4.23. The third-order valence-electron chi connectivity index (χ3n) is 2.67. The van der Waals surface area contributed by atoms with E-state index in [1.54, 1.807) is 0 Å². The highest BCUT2D eigenvalue weighted by molar-refractivity contribution is 7.92. The van der Waals surface area contributed by atoms with Crippen LogP contribution in [0.5, 0.6) is 0 Å². The Labute approximate surface area is 134 Å². The van der Waals surface area contributed by atoms with Gasteiger partial charge in [-0.15, -0.1) is 0 Å². The third-order valence-corrected chi connectivity index (χ3v) is 4.85. The van der Waals surface area contributed by atoms with Gasteiger partial charge in [-0.05, 0) is 30.3 Å². The summed E-state index contributed by atoms with van der Waals surface area (Å²) >= 11 is 11.6. The van der Waals surface area contributed by atoms with E-state index < -0.39 is 26.7 Å². The van der Waals surface area contributed by atoms with Crippen LogP contribution < -0.4 is 4.72 Å². The van der Waals surface area contributed by atoms with Gasteiger partial charge in [0.15, 0.2) is 0 Å². The summed E-state index contributed by atoms with van der Waals surface area (Å²) in [6.45, 7) is 0. The van der Waals surface area contributed by atoms with Crippen LogP contribution in [-0.2, 0) is 16.2 Å². The van der Waals surface area contributed by atoms with Crippen molar-refractivity contribution >= 4 is 38.9 Å². The van der Waals surface area contributed by atoms with E-state index in [-0.39, 0.29) is 15.7 Å². The average Bonchev–Trinajstić information content (AvgIpc) is 2.43. The fraction of sp³-hybridized carbons (Fsp3) is 0.0769. The highest BCUT2D eigenvalue weighted by Crippen LogP contribution is 2.33. The number of rotatable bonds is 3. The van der Waals surface area contributed by atoms with Gasteiger partial charge in [-0.25, -0.2) is 8.42 Å². The average molecular weight is 370 g/mol. The molecular formula is C13H8Cl2F3NO2S. The zero-order valence-electron chi connectivity index (χ0n) is 10.7. The number of halogens is 5. The van der Waals surface area contributed by atoms with Crippen molar-refractivity contribution in [3.8, 4) is 0 Å². The summed E-state index contributed by atoms with van der Waals surface area (Å²) < 4.78 is 64.4. The Morgan fingerprint density at radius 3 is 2.27 bits per heavy atom. The number of sulfonamides is 1. The summed E-state index contributed by atoms with van der Waals surface area (Å²) in [5.74, 6) is 0. The monoisotopic (exact) mass is 369 g/mol. The minimum absolute atomic E-state index is 0.0217. The van der Waals surface area contributed by atoms with Gasteiger partial charge in [-0.3, -0.25) is 4.72 Å². The van der Waals surface area contributed by atoms with E-state index in [4.69, 9.17) is 23.2 Å². The number of nitrogens with one attached hydrogen (secondary N) is 1. The van der Waals surface area contributed by atoms with Crippen LogP contribution in [0.1, 0.15) is 5.56 Å². The number of benzene rings is 2. The molecule has 0 bridgehead atoms. The first kappa shape index (κ1) is 16.9. The minimum Gasteiger partial charge on any atom is -0.278 e. The van der Waals surface area contributed by atoms with Gasteiger partial charge in [0.25, 0.3) is 10.0 Å². The molecule has 0 saturated carbocycles. The Morgan fingerprint density at radius 1 is 1.00 bits per heavy atom. The molecule has 0 radical (unpaired) electrons. The number of alkyl halides is 3. The Kier molecular flexibility index (Phi) is 4.60. The third kappa shape index (κ3) is 3.66. The lowest BCUT2D eigenvalue weighted by atomic mass is 10.2. The maximum Gasteiger partial charge on any atom is 0.416 e. The van der Waals surface area contributed by atoms with Crippen LogP contribution in [0.2, 0.25) is 10.0 Å². The molecular weight excluding hydrogens is 362 g/mol. The van der Waals surface area contributed by atoms with Gasteiger partial charge in [-0.1, -0.05) is 35.3 Å². The normalized spacial score (nSPS) is 12.2. The van der Waals surface area contributed by atoms with Crippen molar-refractivity contribution in [2.75, 3.05) is 4.72 Å². The fourth-order valence-electron chi connectivity index (χ4n) is 1.63. The van der Waals surface area contributed by atoms with Crippen LogP contribution >= 0.6 is 23.2 Å². The van der Waals surface area contributed by atoms with Gasteiger partial charge in [0.2, 0.25) is 0 Å². The maximum absolute atomic E-state index is 12.6. The quantitative estimate of drug-likeness (QED) is 0.843. The van der Waals surface area contributed by atoms with Crippen molar-refractivity contribution in [2.24, 2.45) is 0 Å². The smallest absolute Gasteiger partial charge is 0.278 e. The molecule has 0 amide bonds. The van der Waals surface area contributed by atoms with Crippen LogP contribution in [-0.4, -0.2) is 8.42 Å². The van der Waals surface area contributed by atoms with Crippen molar-refractivity contribution in [3.63, 3.8) is 0 Å². The number of hydrogen-bond donors (Lipinski definition) is 1. The minimum atomic E-state index is -4.64. The maximum atomic E-state index is 12.6. The summed E-state index contributed by atoms with van der Waals surface area (Å²) in [5.41, 5.74) is -1.08. The molecule has 0 saturated heterocycles. The van der Waals surface area contributed by atoms with E-state index in [0.29, 0.717) is 6.07 Å². The Bertz CT molecular complexity index is 807. The molecule has 0 fully saturated rings. The molecule has 2 aromatic carbocycles. The van der Waals surface area contributed by atoms with E-state index in [1.807, 2.05) is 0 Å². The van der Waals surface area contributed by atoms with E-state index >= 15 is 0 Å². The van der Waals surface area contributed by atoms with Crippen LogP contribution in [0.25, 0.3) is 0 Å². The lowest BCUT2D eigenvalue weighted by Gasteiger charge is -2.12. The van der Waals surface area contributed by atoms with Crippen molar-refractivity contribution < 1.29 is 21.6 Å². The van der Waals surface area contributed by atoms with Gasteiger partial charge in [0.05, 0.1) is 26.2 Å². The number of anilines is 1. The largest absolute Gasteiger partial charge is 0.416 e. The molecule has 3 nitrogen and oxygen atoms in total. The summed E-state index contributed by atoms with van der Waals surface area (Å²) in [6.07, 6.45) is -4.64. The zero-order valence-corrected chi connectivity index (χ0v) is 13.0. The first-order chi connectivity index (χ1) is 10.1. The molecule has 1 N–H and O–H groups in total. The van der Waals surface area contributed by atoms with Crippen molar-refractivity contribution in [1.82, 2.24) is 0 Å². The summed E-state index contributed by atoms with van der Waals surface area (Å²) in [5, 5.41) is 0.0747. The fourth-order valence-corrected chi connectivity index (χ4v) is 3.15. The first-order valence-corrected chi connectivity index (χ1v) is 7.99. The summed E-state index contributed by atoms with van der Waals surface area (Å²) in [4.78, 5) is -0.529. The van der Waals surface area contributed by atoms with Crippen molar-refractivity contribution in [2.45, 2.75) is 11.1 Å².